The van der Waals surface area contributed by atoms with Gasteiger partial charge in [-0.25, -0.2) is 4.98 Å². The lowest BCUT2D eigenvalue weighted by molar-refractivity contribution is 1.04. The highest BCUT2D eigenvalue weighted by Crippen LogP contribution is 2.28. The van der Waals surface area contributed by atoms with E-state index in [1.807, 2.05) is 41.1 Å². The highest BCUT2D eigenvalue weighted by Gasteiger charge is 2.08. The Morgan fingerprint density at radius 1 is 1.05 bits per heavy atom. The van der Waals surface area contributed by atoms with Crippen molar-refractivity contribution in [3.05, 3.63) is 72.0 Å². The number of anilines is 1. The van der Waals surface area contributed by atoms with E-state index in [2.05, 4.69) is 15.3 Å². The summed E-state index contributed by atoms with van der Waals surface area (Å²) in [4.78, 5) is 8.08. The molecule has 20 heavy (non-hydrogen) atoms. The number of imidazole rings is 1. The van der Waals surface area contributed by atoms with Gasteiger partial charge in [-0.2, -0.15) is 0 Å². The summed E-state index contributed by atoms with van der Waals surface area (Å²) in [5, 5.41) is 4.08. The number of benzene rings is 1. The maximum Gasteiger partial charge on any atom is 0.0992 e. The van der Waals surface area contributed by atoms with E-state index in [1.165, 1.54) is 0 Å². The van der Waals surface area contributed by atoms with Gasteiger partial charge in [-0.1, -0.05) is 17.7 Å². The first-order valence-corrected chi connectivity index (χ1v) is 6.62. The monoisotopic (exact) mass is 284 g/mol. The number of hydrogen-bond acceptors (Lipinski definition) is 3. The summed E-state index contributed by atoms with van der Waals surface area (Å²) in [7, 11) is 0. The molecule has 0 radical (unpaired) electrons. The van der Waals surface area contributed by atoms with E-state index in [1.54, 1.807) is 24.9 Å². The average molecular weight is 285 g/mol. The summed E-state index contributed by atoms with van der Waals surface area (Å²) in [6.45, 7) is 0.713. The lowest BCUT2D eigenvalue weighted by Gasteiger charge is -2.14. The zero-order chi connectivity index (χ0) is 13.8. The summed E-state index contributed by atoms with van der Waals surface area (Å²) < 4.78 is 1.90. The topological polar surface area (TPSA) is 42.7 Å². The summed E-state index contributed by atoms with van der Waals surface area (Å²) in [6, 6.07) is 9.76. The molecule has 4 nitrogen and oxygen atoms in total. The lowest BCUT2D eigenvalue weighted by Crippen LogP contribution is -2.04. The number of pyridine rings is 1. The highest BCUT2D eigenvalue weighted by molar-refractivity contribution is 6.33. The van der Waals surface area contributed by atoms with Crippen molar-refractivity contribution in [2.24, 2.45) is 0 Å². The number of halogens is 1. The highest BCUT2D eigenvalue weighted by atomic mass is 35.5. The second-order valence-corrected chi connectivity index (χ2v) is 4.72. The minimum atomic E-state index is 0.683. The van der Waals surface area contributed by atoms with Gasteiger partial charge in [0.1, 0.15) is 0 Å². The second kappa shape index (κ2) is 5.75. The predicted molar refractivity (Wildman–Crippen MR) is 80.1 cm³/mol. The Bertz CT molecular complexity index is 680. The van der Waals surface area contributed by atoms with E-state index in [4.69, 9.17) is 11.6 Å². The summed E-state index contributed by atoms with van der Waals surface area (Å²) >= 11 is 6.30. The Balaban J connectivity index is 1.88. The van der Waals surface area contributed by atoms with Crippen LogP contribution in [0.1, 0.15) is 5.56 Å². The van der Waals surface area contributed by atoms with Crippen LogP contribution in [0.4, 0.5) is 5.69 Å². The largest absolute Gasteiger partial charge is 0.379 e. The molecule has 2 aromatic heterocycles. The van der Waals surface area contributed by atoms with Crippen LogP contribution in [0.15, 0.2) is 61.4 Å². The van der Waals surface area contributed by atoms with Crippen LogP contribution in [-0.4, -0.2) is 14.5 Å². The molecule has 0 fully saturated rings. The molecule has 0 saturated heterocycles. The zero-order valence-electron chi connectivity index (χ0n) is 10.7. The van der Waals surface area contributed by atoms with Crippen LogP contribution in [0.2, 0.25) is 5.02 Å². The zero-order valence-corrected chi connectivity index (χ0v) is 11.5. The first-order valence-electron chi connectivity index (χ1n) is 6.24. The van der Waals surface area contributed by atoms with Crippen LogP contribution in [0.5, 0.6) is 0 Å². The fourth-order valence-corrected chi connectivity index (χ4v) is 2.28. The number of hydrogen-bond donors (Lipinski definition) is 1. The summed E-state index contributed by atoms with van der Waals surface area (Å²) in [6.07, 6.45) is 8.91. The van der Waals surface area contributed by atoms with Crippen LogP contribution in [0, 0.1) is 0 Å². The van der Waals surface area contributed by atoms with Crippen molar-refractivity contribution >= 4 is 17.3 Å². The third-order valence-electron chi connectivity index (χ3n) is 2.98. The van der Waals surface area contributed by atoms with Crippen LogP contribution < -0.4 is 5.32 Å². The number of aromatic nitrogens is 3. The van der Waals surface area contributed by atoms with Gasteiger partial charge < -0.3 is 9.88 Å². The van der Waals surface area contributed by atoms with Crippen molar-refractivity contribution < 1.29 is 0 Å². The van der Waals surface area contributed by atoms with E-state index >= 15 is 0 Å². The first-order chi connectivity index (χ1) is 9.84. The van der Waals surface area contributed by atoms with Gasteiger partial charge in [0.05, 0.1) is 22.7 Å². The molecule has 3 aromatic rings. The standard InChI is InChI=1S/C15H13ClN4/c16-13-2-1-3-14(15(13)20-9-8-18-11-20)19-10-12-4-6-17-7-5-12/h1-9,11,19H,10H2. The molecule has 1 N–H and O–H groups in total. The Morgan fingerprint density at radius 2 is 1.90 bits per heavy atom. The Hall–Kier alpha value is -2.33. The van der Waals surface area contributed by atoms with Crippen molar-refractivity contribution in [3.8, 4) is 5.69 Å². The average Bonchev–Trinajstić information content (AvgIpc) is 3.00. The molecule has 100 valence electrons. The molecule has 3 rings (SSSR count). The smallest absolute Gasteiger partial charge is 0.0992 e. The van der Waals surface area contributed by atoms with Crippen LogP contribution in [0.3, 0.4) is 0 Å². The Labute approximate surface area is 122 Å². The molecule has 2 heterocycles. The molecule has 0 saturated carbocycles. The maximum atomic E-state index is 6.30. The third kappa shape index (κ3) is 2.65. The molecule has 0 aliphatic carbocycles. The second-order valence-electron chi connectivity index (χ2n) is 4.31. The molecule has 0 aliphatic rings. The van der Waals surface area contributed by atoms with Crippen molar-refractivity contribution in [3.63, 3.8) is 0 Å². The van der Waals surface area contributed by atoms with Crippen molar-refractivity contribution in [2.75, 3.05) is 5.32 Å². The fourth-order valence-electron chi connectivity index (χ4n) is 2.01. The van der Waals surface area contributed by atoms with Gasteiger partial charge in [0, 0.05) is 31.3 Å². The van der Waals surface area contributed by atoms with E-state index in [-0.39, 0.29) is 0 Å². The molecular weight excluding hydrogens is 272 g/mol. The number of rotatable bonds is 4. The van der Waals surface area contributed by atoms with E-state index in [0.717, 1.165) is 16.9 Å². The molecule has 0 atom stereocenters. The van der Waals surface area contributed by atoms with Gasteiger partial charge in [0.2, 0.25) is 0 Å². The molecule has 0 unspecified atom stereocenters. The van der Waals surface area contributed by atoms with Crippen molar-refractivity contribution in [2.45, 2.75) is 6.54 Å². The maximum absolute atomic E-state index is 6.30. The first kappa shape index (κ1) is 12.7. The molecular formula is C15H13ClN4. The van der Waals surface area contributed by atoms with Crippen LogP contribution in [0.25, 0.3) is 5.69 Å². The van der Waals surface area contributed by atoms with Gasteiger partial charge >= 0.3 is 0 Å². The molecule has 5 heteroatoms. The van der Waals surface area contributed by atoms with E-state index in [0.29, 0.717) is 11.6 Å². The van der Waals surface area contributed by atoms with Gasteiger partial charge in [-0.3, -0.25) is 4.98 Å². The SMILES string of the molecule is Clc1cccc(NCc2ccncc2)c1-n1ccnc1. The molecule has 0 bridgehead atoms. The Kier molecular flexibility index (Phi) is 3.65. The van der Waals surface area contributed by atoms with Crippen LogP contribution in [-0.2, 0) is 6.54 Å². The fraction of sp³-hybridized carbons (Fsp3) is 0.0667. The summed E-state index contributed by atoms with van der Waals surface area (Å²) in [5.41, 5.74) is 3.03. The molecule has 0 aliphatic heterocycles. The number of para-hydroxylation sites is 1. The van der Waals surface area contributed by atoms with Crippen LogP contribution >= 0.6 is 11.6 Å². The number of nitrogens with zero attached hydrogens (tertiary/aromatic N) is 3. The summed E-state index contributed by atoms with van der Waals surface area (Å²) in [5.74, 6) is 0. The molecule has 1 aromatic carbocycles. The quantitative estimate of drug-likeness (QED) is 0.797. The molecule has 0 amide bonds. The van der Waals surface area contributed by atoms with Gasteiger partial charge in [0.15, 0.2) is 0 Å². The Morgan fingerprint density at radius 3 is 2.65 bits per heavy atom. The van der Waals surface area contributed by atoms with Gasteiger partial charge in [0.25, 0.3) is 0 Å². The normalized spacial score (nSPS) is 10.4. The third-order valence-corrected chi connectivity index (χ3v) is 3.29. The van der Waals surface area contributed by atoms with E-state index in [9.17, 15) is 0 Å². The van der Waals surface area contributed by atoms with Gasteiger partial charge in [-0.05, 0) is 29.8 Å². The van der Waals surface area contributed by atoms with Crippen molar-refractivity contribution in [1.82, 2.24) is 14.5 Å². The lowest BCUT2D eigenvalue weighted by atomic mass is 10.2. The minimum absolute atomic E-state index is 0.683. The minimum Gasteiger partial charge on any atom is -0.379 e. The predicted octanol–water partition coefficient (Wildman–Crippen LogP) is 3.53. The van der Waals surface area contributed by atoms with Crippen molar-refractivity contribution in [1.29, 1.82) is 0 Å². The van der Waals surface area contributed by atoms with E-state index < -0.39 is 0 Å². The molecule has 0 spiro atoms. The number of nitrogens with one attached hydrogen (secondary N) is 1. The van der Waals surface area contributed by atoms with Gasteiger partial charge in [-0.15, -0.1) is 0 Å².